The lowest BCUT2D eigenvalue weighted by Crippen LogP contribution is -2.40. The van der Waals surface area contributed by atoms with E-state index in [1.54, 1.807) is 0 Å². The van der Waals surface area contributed by atoms with Crippen molar-refractivity contribution in [3.05, 3.63) is 29.8 Å². The van der Waals surface area contributed by atoms with E-state index in [0.29, 0.717) is 25.6 Å². The van der Waals surface area contributed by atoms with Crippen molar-refractivity contribution in [2.75, 3.05) is 26.7 Å². The first-order valence-electron chi connectivity index (χ1n) is 8.38. The maximum atomic E-state index is 12.1. The fraction of sp³-hybridized carbons (Fsp3) is 0.611. The minimum atomic E-state index is 0.160. The summed E-state index contributed by atoms with van der Waals surface area (Å²) in [5, 5.41) is 3.05. The Morgan fingerprint density at radius 1 is 1.36 bits per heavy atom. The normalized spacial score (nSPS) is 18.9. The van der Waals surface area contributed by atoms with Crippen molar-refractivity contribution < 1.29 is 9.53 Å². The summed E-state index contributed by atoms with van der Waals surface area (Å²) in [6, 6.07) is 8.44. The molecule has 1 N–H and O–H groups in total. The van der Waals surface area contributed by atoms with E-state index in [9.17, 15) is 4.79 Å². The van der Waals surface area contributed by atoms with Gasteiger partial charge >= 0.3 is 0 Å². The van der Waals surface area contributed by atoms with Gasteiger partial charge in [0.25, 0.3) is 0 Å². The maximum Gasteiger partial charge on any atom is 0.221 e. The first-order valence-corrected chi connectivity index (χ1v) is 8.38. The number of carbonyl (C=O) groups excluding carboxylic acids is 1. The van der Waals surface area contributed by atoms with Gasteiger partial charge in [-0.15, -0.1) is 0 Å². The van der Waals surface area contributed by atoms with E-state index >= 15 is 0 Å². The van der Waals surface area contributed by atoms with Crippen LogP contribution < -0.4 is 10.1 Å². The van der Waals surface area contributed by atoms with Crippen LogP contribution in [0.5, 0.6) is 5.75 Å². The molecule has 1 fully saturated rings. The first kappa shape index (κ1) is 16.8. The quantitative estimate of drug-likeness (QED) is 0.842. The molecule has 2 rings (SSSR count). The van der Waals surface area contributed by atoms with Crippen molar-refractivity contribution in [2.45, 2.75) is 45.1 Å². The van der Waals surface area contributed by atoms with Gasteiger partial charge in [-0.25, -0.2) is 0 Å². The third kappa shape index (κ3) is 5.02. The van der Waals surface area contributed by atoms with Crippen LogP contribution in [0.4, 0.5) is 0 Å². The highest BCUT2D eigenvalue weighted by Gasteiger charge is 2.21. The molecule has 1 aliphatic heterocycles. The van der Waals surface area contributed by atoms with Crippen LogP contribution in [0.15, 0.2) is 24.3 Å². The van der Waals surface area contributed by atoms with Crippen molar-refractivity contribution in [3.8, 4) is 5.75 Å². The third-order valence-electron chi connectivity index (χ3n) is 4.33. The lowest BCUT2D eigenvalue weighted by Gasteiger charge is -2.31. The summed E-state index contributed by atoms with van der Waals surface area (Å²) in [5.41, 5.74) is 1.15. The zero-order valence-electron chi connectivity index (χ0n) is 13.8. The van der Waals surface area contributed by atoms with Crippen molar-refractivity contribution in [1.29, 1.82) is 0 Å². The summed E-state index contributed by atoms with van der Waals surface area (Å²) in [7, 11) is 2.12. The fourth-order valence-corrected chi connectivity index (χ4v) is 3.03. The van der Waals surface area contributed by atoms with E-state index in [4.69, 9.17) is 4.74 Å². The Kier molecular flexibility index (Phi) is 6.72. The van der Waals surface area contributed by atoms with Gasteiger partial charge in [-0.3, -0.25) is 4.79 Å². The Morgan fingerprint density at radius 2 is 2.18 bits per heavy atom. The molecule has 4 heteroatoms. The van der Waals surface area contributed by atoms with Crippen LogP contribution in [0, 0.1) is 0 Å². The topological polar surface area (TPSA) is 41.6 Å². The third-order valence-corrected chi connectivity index (χ3v) is 4.33. The zero-order valence-corrected chi connectivity index (χ0v) is 13.8. The molecule has 4 nitrogen and oxygen atoms in total. The van der Waals surface area contributed by atoms with Gasteiger partial charge in [0.2, 0.25) is 5.91 Å². The first-order chi connectivity index (χ1) is 10.7. The largest absolute Gasteiger partial charge is 0.494 e. The molecule has 1 aliphatic rings. The van der Waals surface area contributed by atoms with E-state index in [-0.39, 0.29) is 5.91 Å². The highest BCUT2D eigenvalue weighted by atomic mass is 16.5. The summed E-state index contributed by atoms with van der Waals surface area (Å²) < 4.78 is 5.61. The molecule has 1 heterocycles. The fourth-order valence-electron chi connectivity index (χ4n) is 3.03. The smallest absolute Gasteiger partial charge is 0.221 e. The number of nitrogens with one attached hydrogen (secondary N) is 1. The van der Waals surface area contributed by atoms with Crippen LogP contribution >= 0.6 is 0 Å². The molecule has 1 atom stereocenters. The molecule has 1 aromatic rings. The predicted octanol–water partition coefficient (Wildman–Crippen LogP) is 2.62. The summed E-state index contributed by atoms with van der Waals surface area (Å²) in [6.07, 6.45) is 5.05. The maximum absolute atomic E-state index is 12.1. The number of benzene rings is 1. The standard InChI is InChI=1S/C18H28N2O2/c1-3-22-17-10-5-4-8-15(17)11-12-19-18(21)14-16-9-6-7-13-20(16)2/h4-5,8,10,16H,3,6-7,9,11-14H2,1-2H3,(H,19,21)/t16-/m0/s1. The van der Waals surface area contributed by atoms with E-state index < -0.39 is 0 Å². The monoisotopic (exact) mass is 304 g/mol. The van der Waals surface area contributed by atoms with Crippen LogP contribution in [0.3, 0.4) is 0 Å². The average molecular weight is 304 g/mol. The molecule has 0 saturated carbocycles. The van der Waals surface area contributed by atoms with Gasteiger partial charge < -0.3 is 15.0 Å². The van der Waals surface area contributed by atoms with Crippen LogP contribution in [0.2, 0.25) is 0 Å². The Hall–Kier alpha value is -1.55. The number of hydrogen-bond donors (Lipinski definition) is 1. The number of likely N-dealkylation sites (tertiary alicyclic amines) is 1. The summed E-state index contributed by atoms with van der Waals surface area (Å²) in [4.78, 5) is 14.4. The number of amides is 1. The Balaban J connectivity index is 1.75. The summed E-state index contributed by atoms with van der Waals surface area (Å²) >= 11 is 0. The van der Waals surface area contributed by atoms with Gasteiger partial charge in [0, 0.05) is 19.0 Å². The van der Waals surface area contributed by atoms with Crippen molar-refractivity contribution in [2.24, 2.45) is 0 Å². The molecule has 1 aromatic carbocycles. The van der Waals surface area contributed by atoms with Gasteiger partial charge in [0.15, 0.2) is 0 Å². The van der Waals surface area contributed by atoms with E-state index in [1.807, 2.05) is 25.1 Å². The number of hydrogen-bond acceptors (Lipinski definition) is 3. The van der Waals surface area contributed by atoms with E-state index in [1.165, 1.54) is 12.8 Å². The molecule has 0 unspecified atom stereocenters. The number of nitrogens with zero attached hydrogens (tertiary/aromatic N) is 1. The number of ether oxygens (including phenoxy) is 1. The number of carbonyl (C=O) groups is 1. The predicted molar refractivity (Wildman–Crippen MR) is 89.2 cm³/mol. The van der Waals surface area contributed by atoms with E-state index in [2.05, 4.69) is 23.3 Å². The molecule has 0 aromatic heterocycles. The van der Waals surface area contributed by atoms with Crippen LogP contribution in [0.1, 0.15) is 38.2 Å². The van der Waals surface area contributed by atoms with Gasteiger partial charge in [-0.05, 0) is 51.4 Å². The van der Waals surface area contributed by atoms with Gasteiger partial charge in [-0.1, -0.05) is 24.6 Å². The molecule has 0 aliphatic carbocycles. The Bertz CT molecular complexity index is 476. The highest BCUT2D eigenvalue weighted by Crippen LogP contribution is 2.19. The van der Waals surface area contributed by atoms with Crippen molar-refractivity contribution in [1.82, 2.24) is 10.2 Å². The lowest BCUT2D eigenvalue weighted by molar-refractivity contribution is -0.122. The summed E-state index contributed by atoms with van der Waals surface area (Å²) in [5.74, 6) is 1.08. The highest BCUT2D eigenvalue weighted by molar-refractivity contribution is 5.76. The summed E-state index contributed by atoms with van der Waals surface area (Å²) in [6.45, 7) is 4.43. The molecule has 0 bridgehead atoms. The van der Waals surface area contributed by atoms with Crippen LogP contribution in [-0.4, -0.2) is 43.6 Å². The zero-order chi connectivity index (χ0) is 15.8. The van der Waals surface area contributed by atoms with E-state index in [0.717, 1.165) is 30.7 Å². The van der Waals surface area contributed by atoms with Gasteiger partial charge in [0.1, 0.15) is 5.75 Å². The number of rotatable bonds is 7. The lowest BCUT2D eigenvalue weighted by atomic mass is 10.00. The Morgan fingerprint density at radius 3 is 2.95 bits per heavy atom. The number of para-hydroxylation sites is 1. The average Bonchev–Trinajstić information content (AvgIpc) is 2.51. The Labute approximate surface area is 133 Å². The molecule has 22 heavy (non-hydrogen) atoms. The minimum Gasteiger partial charge on any atom is -0.494 e. The molecule has 122 valence electrons. The van der Waals surface area contributed by atoms with Gasteiger partial charge in [-0.2, -0.15) is 0 Å². The second-order valence-electron chi connectivity index (χ2n) is 5.98. The molecular formula is C18H28N2O2. The molecule has 0 radical (unpaired) electrons. The van der Waals surface area contributed by atoms with Crippen molar-refractivity contribution >= 4 is 5.91 Å². The molecule has 0 spiro atoms. The molecule has 1 saturated heterocycles. The van der Waals surface area contributed by atoms with Gasteiger partial charge in [0.05, 0.1) is 6.61 Å². The second-order valence-corrected chi connectivity index (χ2v) is 5.98. The second kappa shape index (κ2) is 8.79. The molecular weight excluding hydrogens is 276 g/mol. The van der Waals surface area contributed by atoms with Crippen LogP contribution in [0.25, 0.3) is 0 Å². The SMILES string of the molecule is CCOc1ccccc1CCNC(=O)C[C@@H]1CCCCN1C. The molecule has 1 amide bonds. The minimum absolute atomic E-state index is 0.160. The van der Waals surface area contributed by atoms with Crippen LogP contribution in [-0.2, 0) is 11.2 Å². The van der Waals surface area contributed by atoms with Crippen molar-refractivity contribution in [3.63, 3.8) is 0 Å². The number of piperidine rings is 1.